The van der Waals surface area contributed by atoms with Gasteiger partial charge in [0.2, 0.25) is 5.82 Å². The molecule has 1 atom stereocenters. The number of hydrogen-bond donors (Lipinski definition) is 1. The number of allylic oxidation sites excluding steroid dienone is 1. The molecule has 0 saturated heterocycles. The SMILES string of the molecule is CCc1ccc(C2NC(=S)N(CCCOC)C(C)=C2c2nc(-c3cccc(Cl)c3)no2)cc1. The first-order valence-corrected chi connectivity index (χ1v) is 11.8. The molecular formula is C25H27ClN4O2S. The van der Waals surface area contributed by atoms with Gasteiger partial charge in [0.25, 0.3) is 5.89 Å². The number of nitrogens with zero attached hydrogens (tertiary/aromatic N) is 3. The van der Waals surface area contributed by atoms with Gasteiger partial charge in [-0.15, -0.1) is 0 Å². The van der Waals surface area contributed by atoms with E-state index in [1.807, 2.05) is 31.2 Å². The Morgan fingerprint density at radius 2 is 2.00 bits per heavy atom. The van der Waals surface area contributed by atoms with Crippen LogP contribution in [0, 0.1) is 0 Å². The molecule has 1 unspecified atom stereocenters. The van der Waals surface area contributed by atoms with Crippen LogP contribution in [0.3, 0.4) is 0 Å². The second-order valence-electron chi connectivity index (χ2n) is 7.91. The van der Waals surface area contributed by atoms with E-state index in [9.17, 15) is 0 Å². The van der Waals surface area contributed by atoms with Gasteiger partial charge in [0.1, 0.15) is 0 Å². The number of aromatic nitrogens is 2. The molecule has 0 fully saturated rings. The third kappa shape index (κ3) is 5.11. The molecule has 1 N–H and O–H groups in total. The first-order chi connectivity index (χ1) is 16.0. The molecule has 0 saturated carbocycles. The minimum Gasteiger partial charge on any atom is -0.385 e. The summed E-state index contributed by atoms with van der Waals surface area (Å²) >= 11 is 11.9. The smallest absolute Gasteiger partial charge is 0.258 e. The van der Waals surface area contributed by atoms with E-state index in [1.165, 1.54) is 5.56 Å². The molecule has 172 valence electrons. The molecule has 2 aromatic carbocycles. The van der Waals surface area contributed by atoms with Gasteiger partial charge in [-0.05, 0) is 55.2 Å². The van der Waals surface area contributed by atoms with E-state index in [0.29, 0.717) is 28.5 Å². The van der Waals surface area contributed by atoms with Crippen molar-refractivity contribution in [2.75, 3.05) is 20.3 Å². The summed E-state index contributed by atoms with van der Waals surface area (Å²) < 4.78 is 11.0. The van der Waals surface area contributed by atoms with Crippen LogP contribution in [0.1, 0.15) is 43.3 Å². The van der Waals surface area contributed by atoms with Crippen molar-refractivity contribution in [2.24, 2.45) is 0 Å². The van der Waals surface area contributed by atoms with Crippen molar-refractivity contribution in [3.63, 3.8) is 0 Å². The third-order valence-electron chi connectivity index (χ3n) is 5.79. The van der Waals surface area contributed by atoms with E-state index in [0.717, 1.165) is 41.8 Å². The molecule has 0 bridgehead atoms. The predicted octanol–water partition coefficient (Wildman–Crippen LogP) is 5.65. The van der Waals surface area contributed by atoms with Crippen molar-refractivity contribution in [1.82, 2.24) is 20.4 Å². The minimum atomic E-state index is -0.199. The lowest BCUT2D eigenvalue weighted by Gasteiger charge is -2.37. The number of hydrogen-bond acceptors (Lipinski definition) is 5. The Balaban J connectivity index is 1.76. The van der Waals surface area contributed by atoms with Gasteiger partial charge in [0, 0.05) is 36.5 Å². The van der Waals surface area contributed by atoms with E-state index in [1.54, 1.807) is 7.11 Å². The second-order valence-corrected chi connectivity index (χ2v) is 8.73. The maximum absolute atomic E-state index is 6.16. The van der Waals surface area contributed by atoms with E-state index < -0.39 is 0 Å². The average Bonchev–Trinajstić information content (AvgIpc) is 3.31. The Hall–Kier alpha value is -2.74. The molecule has 3 aromatic rings. The Kier molecular flexibility index (Phi) is 7.42. The number of aryl methyl sites for hydroxylation is 1. The van der Waals surface area contributed by atoms with Crippen LogP contribution in [0.2, 0.25) is 5.02 Å². The predicted molar refractivity (Wildman–Crippen MR) is 135 cm³/mol. The van der Waals surface area contributed by atoms with E-state index in [-0.39, 0.29) is 6.04 Å². The zero-order valence-electron chi connectivity index (χ0n) is 19.0. The number of thiocarbonyl (C=S) groups is 1. The van der Waals surface area contributed by atoms with Crippen LogP contribution in [0.25, 0.3) is 17.0 Å². The van der Waals surface area contributed by atoms with Crippen LogP contribution in [-0.2, 0) is 11.2 Å². The van der Waals surface area contributed by atoms with E-state index in [4.69, 9.17) is 38.1 Å². The largest absolute Gasteiger partial charge is 0.385 e. The fourth-order valence-electron chi connectivity index (χ4n) is 3.97. The first-order valence-electron chi connectivity index (χ1n) is 11.0. The maximum Gasteiger partial charge on any atom is 0.258 e. The van der Waals surface area contributed by atoms with Gasteiger partial charge >= 0.3 is 0 Å². The monoisotopic (exact) mass is 482 g/mol. The molecular weight excluding hydrogens is 456 g/mol. The van der Waals surface area contributed by atoms with Crippen molar-refractivity contribution in [2.45, 2.75) is 32.7 Å². The Morgan fingerprint density at radius 1 is 1.21 bits per heavy atom. The molecule has 1 aliphatic heterocycles. The number of halogens is 1. The molecule has 0 spiro atoms. The van der Waals surface area contributed by atoms with E-state index in [2.05, 4.69) is 46.6 Å². The number of ether oxygens (including phenoxy) is 1. The maximum atomic E-state index is 6.16. The molecule has 2 heterocycles. The van der Waals surface area contributed by atoms with Crippen LogP contribution in [0.15, 0.2) is 58.8 Å². The Morgan fingerprint density at radius 3 is 2.70 bits per heavy atom. The summed E-state index contributed by atoms with van der Waals surface area (Å²) in [6.07, 6.45) is 1.83. The summed E-state index contributed by atoms with van der Waals surface area (Å²) in [5.41, 5.74) is 5.06. The van der Waals surface area contributed by atoms with Crippen molar-refractivity contribution < 1.29 is 9.26 Å². The highest BCUT2D eigenvalue weighted by molar-refractivity contribution is 7.80. The van der Waals surface area contributed by atoms with Crippen molar-refractivity contribution in [1.29, 1.82) is 0 Å². The molecule has 1 aromatic heterocycles. The summed E-state index contributed by atoms with van der Waals surface area (Å²) in [4.78, 5) is 6.81. The average molecular weight is 483 g/mol. The quantitative estimate of drug-likeness (QED) is 0.328. The molecule has 1 aliphatic rings. The van der Waals surface area contributed by atoms with Crippen LogP contribution in [0.5, 0.6) is 0 Å². The molecule has 0 amide bonds. The van der Waals surface area contributed by atoms with Gasteiger partial charge in [0.05, 0.1) is 11.6 Å². The minimum absolute atomic E-state index is 0.199. The molecule has 0 radical (unpaired) electrons. The van der Waals surface area contributed by atoms with Crippen LogP contribution >= 0.6 is 23.8 Å². The Labute approximate surface area is 204 Å². The number of rotatable bonds is 8. The molecule has 8 heteroatoms. The highest BCUT2D eigenvalue weighted by Crippen LogP contribution is 2.37. The van der Waals surface area contributed by atoms with Gasteiger partial charge in [-0.25, -0.2) is 0 Å². The fraction of sp³-hybridized carbons (Fsp3) is 0.320. The highest BCUT2D eigenvalue weighted by atomic mass is 35.5. The van der Waals surface area contributed by atoms with Crippen molar-refractivity contribution in [3.05, 3.63) is 76.3 Å². The normalized spacial score (nSPS) is 16.3. The summed E-state index contributed by atoms with van der Waals surface area (Å²) in [6, 6.07) is 15.8. The Bertz CT molecular complexity index is 1160. The van der Waals surface area contributed by atoms with Gasteiger partial charge in [0.15, 0.2) is 5.11 Å². The lowest BCUT2D eigenvalue weighted by molar-refractivity contribution is 0.188. The summed E-state index contributed by atoms with van der Waals surface area (Å²) in [7, 11) is 1.70. The van der Waals surface area contributed by atoms with Crippen LogP contribution in [-0.4, -0.2) is 40.4 Å². The lowest BCUT2D eigenvalue weighted by Crippen LogP contribution is -2.46. The third-order valence-corrected chi connectivity index (χ3v) is 6.36. The van der Waals surface area contributed by atoms with Gasteiger partial charge in [-0.2, -0.15) is 4.98 Å². The molecule has 0 aliphatic carbocycles. The number of benzene rings is 2. The van der Waals surface area contributed by atoms with Crippen LogP contribution < -0.4 is 5.32 Å². The first kappa shape index (κ1) is 23.4. The lowest BCUT2D eigenvalue weighted by atomic mass is 9.94. The number of nitrogens with one attached hydrogen (secondary N) is 1. The zero-order valence-corrected chi connectivity index (χ0v) is 20.5. The standard InChI is InChI=1S/C25H27ClN4O2S/c1-4-17-9-11-18(12-10-17)22-21(16(2)30(25(33)27-22)13-6-14-31-3)24-28-23(29-32-24)19-7-5-8-20(26)15-19/h5,7-12,15,22H,4,6,13-14H2,1-3H3,(H,27,33). The van der Waals surface area contributed by atoms with Gasteiger partial charge < -0.3 is 19.5 Å². The van der Waals surface area contributed by atoms with Gasteiger partial charge in [-0.3, -0.25) is 0 Å². The fourth-order valence-corrected chi connectivity index (χ4v) is 4.50. The second kappa shape index (κ2) is 10.5. The van der Waals surface area contributed by atoms with Crippen LogP contribution in [0.4, 0.5) is 0 Å². The van der Waals surface area contributed by atoms with E-state index >= 15 is 0 Å². The summed E-state index contributed by atoms with van der Waals surface area (Å²) in [5, 5.41) is 9.02. The number of methoxy groups -OCH3 is 1. The van der Waals surface area contributed by atoms with Gasteiger partial charge in [-0.1, -0.05) is 60.1 Å². The summed E-state index contributed by atoms with van der Waals surface area (Å²) in [5.74, 6) is 0.950. The molecule has 4 rings (SSSR count). The highest BCUT2D eigenvalue weighted by Gasteiger charge is 2.33. The zero-order chi connectivity index (χ0) is 23.4. The van der Waals surface area contributed by atoms with Crippen molar-refractivity contribution >= 4 is 34.5 Å². The molecule has 6 nitrogen and oxygen atoms in total. The molecule has 33 heavy (non-hydrogen) atoms. The summed E-state index contributed by atoms with van der Waals surface area (Å²) in [6.45, 7) is 5.58. The topological polar surface area (TPSA) is 63.4 Å². The van der Waals surface area contributed by atoms with Crippen molar-refractivity contribution in [3.8, 4) is 11.4 Å².